The van der Waals surface area contributed by atoms with Crippen LogP contribution in [0.5, 0.6) is 5.88 Å². The highest BCUT2D eigenvalue weighted by molar-refractivity contribution is 6.31. The number of carbonyl (C=O) groups excluding carboxylic acids is 1. The van der Waals surface area contributed by atoms with Gasteiger partial charge in [-0.05, 0) is 25.1 Å². The van der Waals surface area contributed by atoms with E-state index in [1.54, 1.807) is 32.4 Å². The Hall–Kier alpha value is -3.19. The van der Waals surface area contributed by atoms with Crippen molar-refractivity contribution in [2.45, 2.75) is 6.92 Å². The molecule has 0 aliphatic heterocycles. The van der Waals surface area contributed by atoms with Crippen LogP contribution in [0.1, 0.15) is 17.4 Å². The molecule has 29 heavy (non-hydrogen) atoms. The van der Waals surface area contributed by atoms with Crippen molar-refractivity contribution in [3.63, 3.8) is 0 Å². The minimum absolute atomic E-state index is 0.194. The lowest BCUT2D eigenvalue weighted by molar-refractivity contribution is 0.0824. The highest BCUT2D eigenvalue weighted by atomic mass is 35.5. The van der Waals surface area contributed by atoms with Gasteiger partial charge in [0, 0.05) is 49.4 Å². The minimum atomic E-state index is -0.194. The third kappa shape index (κ3) is 3.27. The molecule has 3 aromatic heterocycles. The lowest BCUT2D eigenvalue weighted by Crippen LogP contribution is -2.23. The van der Waals surface area contributed by atoms with Gasteiger partial charge in [0.2, 0.25) is 5.88 Å². The van der Waals surface area contributed by atoms with Gasteiger partial charge in [-0.25, -0.2) is 15.0 Å². The largest absolute Gasteiger partial charge is 0.478 e. The Labute approximate surface area is 172 Å². The van der Waals surface area contributed by atoms with Crippen LogP contribution in [0.3, 0.4) is 0 Å². The van der Waals surface area contributed by atoms with Crippen LogP contribution in [-0.4, -0.2) is 51.0 Å². The first-order chi connectivity index (χ1) is 13.9. The van der Waals surface area contributed by atoms with Gasteiger partial charge in [0.1, 0.15) is 11.3 Å². The van der Waals surface area contributed by atoms with Gasteiger partial charge in [0.05, 0.1) is 17.5 Å². The molecule has 0 fully saturated rings. The summed E-state index contributed by atoms with van der Waals surface area (Å²) in [6.45, 7) is 2.44. The molecule has 0 saturated carbocycles. The number of hydrogen-bond acceptors (Lipinski definition) is 5. The van der Waals surface area contributed by atoms with E-state index in [1.165, 1.54) is 4.90 Å². The molecule has 1 aromatic carbocycles. The topological polar surface area (TPSA) is 73.1 Å². The summed E-state index contributed by atoms with van der Waals surface area (Å²) in [7, 11) is 5.31. The number of hydrogen-bond donors (Lipinski definition) is 0. The molecule has 7 nitrogen and oxygen atoms in total. The van der Waals surface area contributed by atoms with Crippen molar-refractivity contribution in [3.8, 4) is 17.3 Å². The lowest BCUT2D eigenvalue weighted by Gasteiger charge is -2.12. The monoisotopic (exact) mass is 409 g/mol. The summed E-state index contributed by atoms with van der Waals surface area (Å²) in [6.07, 6.45) is 1.65. The van der Waals surface area contributed by atoms with E-state index in [4.69, 9.17) is 21.3 Å². The summed E-state index contributed by atoms with van der Waals surface area (Å²) >= 11 is 6.19. The first-order valence-electron chi connectivity index (χ1n) is 9.17. The summed E-state index contributed by atoms with van der Waals surface area (Å²) in [5.74, 6) is 0.761. The van der Waals surface area contributed by atoms with E-state index in [0.717, 1.165) is 10.9 Å². The Bertz CT molecular complexity index is 1230. The quantitative estimate of drug-likeness (QED) is 0.510. The molecule has 8 heteroatoms. The number of ether oxygens (including phenoxy) is 1. The van der Waals surface area contributed by atoms with Gasteiger partial charge in [-0.1, -0.05) is 17.7 Å². The van der Waals surface area contributed by atoms with E-state index in [1.807, 2.05) is 36.7 Å². The summed E-state index contributed by atoms with van der Waals surface area (Å²) in [5, 5.41) is 2.21. The van der Waals surface area contributed by atoms with Crippen LogP contribution in [0.25, 0.3) is 33.3 Å². The van der Waals surface area contributed by atoms with Gasteiger partial charge in [-0.3, -0.25) is 4.79 Å². The second kappa shape index (κ2) is 7.33. The minimum Gasteiger partial charge on any atom is -0.478 e. The van der Waals surface area contributed by atoms with Gasteiger partial charge in [0.15, 0.2) is 5.82 Å². The summed E-state index contributed by atoms with van der Waals surface area (Å²) in [4.78, 5) is 28.1. The van der Waals surface area contributed by atoms with Crippen LogP contribution in [0.15, 0.2) is 36.5 Å². The van der Waals surface area contributed by atoms with E-state index in [-0.39, 0.29) is 5.91 Å². The average molecular weight is 410 g/mol. The number of halogens is 1. The van der Waals surface area contributed by atoms with Crippen molar-refractivity contribution in [2.24, 2.45) is 7.05 Å². The summed E-state index contributed by atoms with van der Waals surface area (Å²) < 4.78 is 7.33. The first kappa shape index (κ1) is 19.1. The fraction of sp³-hybridized carbons (Fsp3) is 0.238. The molecule has 0 unspecified atom stereocenters. The lowest BCUT2D eigenvalue weighted by atomic mass is 10.1. The molecular weight excluding hydrogens is 390 g/mol. The highest BCUT2D eigenvalue weighted by Gasteiger charge is 2.23. The number of rotatable bonds is 4. The van der Waals surface area contributed by atoms with Crippen LogP contribution in [0, 0.1) is 0 Å². The average Bonchev–Trinajstić information content (AvgIpc) is 2.99. The molecule has 0 aliphatic carbocycles. The van der Waals surface area contributed by atoms with Crippen molar-refractivity contribution < 1.29 is 9.53 Å². The maximum atomic E-state index is 13.0. The number of aromatic nitrogens is 4. The molecular formula is C21H20ClN5O2. The molecule has 4 rings (SSSR count). The number of nitrogens with zero attached hydrogens (tertiary/aromatic N) is 5. The van der Waals surface area contributed by atoms with E-state index in [9.17, 15) is 4.79 Å². The molecule has 3 heterocycles. The Morgan fingerprint density at radius 1 is 1.21 bits per heavy atom. The molecule has 0 atom stereocenters. The number of aryl methyl sites for hydroxylation is 1. The molecule has 0 saturated heterocycles. The second-order valence-electron chi connectivity index (χ2n) is 6.83. The zero-order valence-corrected chi connectivity index (χ0v) is 17.4. The fourth-order valence-electron chi connectivity index (χ4n) is 3.29. The van der Waals surface area contributed by atoms with Gasteiger partial charge < -0.3 is 14.2 Å². The third-order valence-electron chi connectivity index (χ3n) is 4.69. The van der Waals surface area contributed by atoms with Crippen molar-refractivity contribution in [2.75, 3.05) is 20.7 Å². The molecule has 1 amide bonds. The van der Waals surface area contributed by atoms with Crippen LogP contribution in [0.2, 0.25) is 5.02 Å². The standard InChI is InChI=1S/C21H20ClN5O2/c1-5-29-16-9-6-12(11-23-16)19-24-18(21(28)26(2)3)17-14-8-7-13(22)10-15(14)27(4)20(17)25-19/h6-11H,5H2,1-4H3. The van der Waals surface area contributed by atoms with E-state index in [2.05, 4.69) is 9.97 Å². The predicted octanol–water partition coefficient (Wildman–Crippen LogP) is 3.94. The SMILES string of the molecule is CCOc1ccc(-c2nc(C(=O)N(C)C)c3c4ccc(Cl)cc4n(C)c3n2)cn1. The van der Waals surface area contributed by atoms with Crippen LogP contribution in [-0.2, 0) is 7.05 Å². The summed E-state index contributed by atoms with van der Waals surface area (Å²) in [6, 6.07) is 9.16. The van der Waals surface area contributed by atoms with E-state index < -0.39 is 0 Å². The zero-order chi connectivity index (χ0) is 20.7. The van der Waals surface area contributed by atoms with Gasteiger partial charge in [-0.2, -0.15) is 0 Å². The molecule has 148 valence electrons. The van der Waals surface area contributed by atoms with Crippen LogP contribution >= 0.6 is 11.6 Å². The first-order valence-corrected chi connectivity index (χ1v) is 9.55. The third-order valence-corrected chi connectivity index (χ3v) is 4.93. The predicted molar refractivity (Wildman–Crippen MR) is 113 cm³/mol. The number of amides is 1. The van der Waals surface area contributed by atoms with Crippen molar-refractivity contribution in [1.29, 1.82) is 0 Å². The number of benzene rings is 1. The molecule has 0 bridgehead atoms. The van der Waals surface area contributed by atoms with E-state index >= 15 is 0 Å². The van der Waals surface area contributed by atoms with Crippen molar-refractivity contribution >= 4 is 39.4 Å². The van der Waals surface area contributed by atoms with Crippen LogP contribution < -0.4 is 4.74 Å². The zero-order valence-electron chi connectivity index (χ0n) is 16.6. The molecule has 0 aliphatic rings. The Balaban J connectivity index is 2.01. The van der Waals surface area contributed by atoms with Gasteiger partial charge in [-0.15, -0.1) is 0 Å². The molecule has 4 aromatic rings. The van der Waals surface area contributed by atoms with E-state index in [0.29, 0.717) is 45.6 Å². The van der Waals surface area contributed by atoms with Gasteiger partial charge in [0.25, 0.3) is 5.91 Å². The Morgan fingerprint density at radius 3 is 2.66 bits per heavy atom. The number of carbonyl (C=O) groups is 1. The van der Waals surface area contributed by atoms with Crippen LogP contribution in [0.4, 0.5) is 0 Å². The van der Waals surface area contributed by atoms with Crippen molar-refractivity contribution in [1.82, 2.24) is 24.4 Å². The number of pyridine rings is 1. The Morgan fingerprint density at radius 2 is 2.00 bits per heavy atom. The van der Waals surface area contributed by atoms with Crippen molar-refractivity contribution in [3.05, 3.63) is 47.2 Å². The molecule has 0 N–H and O–H groups in total. The molecule has 0 spiro atoms. The fourth-order valence-corrected chi connectivity index (χ4v) is 3.46. The maximum absolute atomic E-state index is 13.0. The smallest absolute Gasteiger partial charge is 0.272 e. The highest BCUT2D eigenvalue weighted by Crippen LogP contribution is 2.33. The second-order valence-corrected chi connectivity index (χ2v) is 7.27. The Kier molecular flexibility index (Phi) is 4.84. The number of fused-ring (bicyclic) bond motifs is 3. The van der Waals surface area contributed by atoms with Gasteiger partial charge >= 0.3 is 0 Å². The normalized spacial score (nSPS) is 11.2. The summed E-state index contributed by atoms with van der Waals surface area (Å²) in [5.41, 5.74) is 2.59. The molecule has 0 radical (unpaired) electrons. The maximum Gasteiger partial charge on any atom is 0.272 e.